The third kappa shape index (κ3) is 6.09. The minimum absolute atomic E-state index is 0.118. The van der Waals surface area contributed by atoms with Crippen LogP contribution < -0.4 is 10.1 Å². The van der Waals surface area contributed by atoms with Gasteiger partial charge in [-0.15, -0.1) is 0 Å². The van der Waals surface area contributed by atoms with Gasteiger partial charge in [0.1, 0.15) is 11.8 Å². The molecule has 3 aromatic rings. The van der Waals surface area contributed by atoms with Crippen LogP contribution in [0, 0.1) is 0 Å². The number of amides is 2. The Balaban J connectivity index is 1.57. The number of benzene rings is 3. The molecule has 1 aliphatic rings. The van der Waals surface area contributed by atoms with Gasteiger partial charge in [-0.05, 0) is 42.8 Å². The van der Waals surface area contributed by atoms with Crippen molar-refractivity contribution in [1.82, 2.24) is 10.2 Å². The Kier molecular flexibility index (Phi) is 8.53. The van der Waals surface area contributed by atoms with Gasteiger partial charge < -0.3 is 15.0 Å². The molecule has 5 nitrogen and oxygen atoms in total. The average Bonchev–Trinajstić information content (AvgIpc) is 3.37. The van der Waals surface area contributed by atoms with E-state index in [4.69, 9.17) is 27.9 Å². The maximum Gasteiger partial charge on any atom is 0.261 e. The van der Waals surface area contributed by atoms with E-state index in [1.165, 1.54) is 0 Å². The van der Waals surface area contributed by atoms with Crippen LogP contribution in [0.2, 0.25) is 10.0 Å². The van der Waals surface area contributed by atoms with E-state index < -0.39 is 6.04 Å². The minimum Gasteiger partial charge on any atom is -0.483 e. The lowest BCUT2D eigenvalue weighted by atomic mass is 10.1. The number of carbonyl (C=O) groups excluding carboxylic acids is 2. The highest BCUT2D eigenvalue weighted by Crippen LogP contribution is 2.28. The fourth-order valence-corrected chi connectivity index (χ4v) is 5.20. The summed E-state index contributed by atoms with van der Waals surface area (Å²) in [6.07, 6.45) is 4.62. The SMILES string of the molecule is CCC(C(=O)NC1CCCC1)N(Cc1c(Cl)cccc1Cl)C(=O)COc1cccc2ccccc12. The molecule has 1 N–H and O–H groups in total. The Morgan fingerprint density at radius 3 is 2.37 bits per heavy atom. The zero-order chi connectivity index (χ0) is 24.8. The maximum absolute atomic E-state index is 13.6. The fraction of sp³-hybridized carbons (Fsp3) is 0.357. The number of rotatable bonds is 9. The van der Waals surface area contributed by atoms with Crippen LogP contribution in [0.15, 0.2) is 60.7 Å². The average molecular weight is 513 g/mol. The summed E-state index contributed by atoms with van der Waals surface area (Å²) in [6, 6.07) is 18.3. The molecule has 35 heavy (non-hydrogen) atoms. The van der Waals surface area contributed by atoms with Gasteiger partial charge in [-0.1, -0.05) is 85.4 Å². The van der Waals surface area contributed by atoms with Crippen molar-refractivity contribution in [3.05, 3.63) is 76.3 Å². The number of halogens is 2. The summed E-state index contributed by atoms with van der Waals surface area (Å²) in [4.78, 5) is 28.4. The molecule has 0 saturated heterocycles. The molecule has 1 atom stereocenters. The molecular weight excluding hydrogens is 483 g/mol. The molecule has 2 amide bonds. The van der Waals surface area contributed by atoms with E-state index in [0.717, 1.165) is 36.5 Å². The Morgan fingerprint density at radius 2 is 1.66 bits per heavy atom. The molecule has 0 radical (unpaired) electrons. The minimum atomic E-state index is -0.661. The summed E-state index contributed by atoms with van der Waals surface area (Å²) in [5, 5.41) is 6.00. The van der Waals surface area contributed by atoms with Gasteiger partial charge >= 0.3 is 0 Å². The summed E-state index contributed by atoms with van der Waals surface area (Å²) in [5.74, 6) is 0.166. The zero-order valence-electron chi connectivity index (χ0n) is 19.8. The van der Waals surface area contributed by atoms with E-state index in [0.29, 0.717) is 27.8 Å². The molecular formula is C28H30Cl2N2O3. The Hall–Kier alpha value is -2.76. The van der Waals surface area contributed by atoms with Crippen molar-refractivity contribution in [2.75, 3.05) is 6.61 Å². The molecule has 184 valence electrons. The smallest absolute Gasteiger partial charge is 0.261 e. The monoisotopic (exact) mass is 512 g/mol. The van der Waals surface area contributed by atoms with Crippen molar-refractivity contribution in [2.45, 2.75) is 57.7 Å². The lowest BCUT2D eigenvalue weighted by Crippen LogP contribution is -2.52. The highest BCUT2D eigenvalue weighted by Gasteiger charge is 2.31. The predicted molar refractivity (Wildman–Crippen MR) is 141 cm³/mol. The van der Waals surface area contributed by atoms with E-state index >= 15 is 0 Å². The standard InChI is InChI=1S/C28H30Cl2N2O3/c1-2-25(28(34)31-20-11-4-5-12-20)32(17-22-23(29)14-8-15-24(22)30)27(33)18-35-26-16-7-10-19-9-3-6-13-21(19)26/h3,6-10,13-16,20,25H,2,4-5,11-12,17-18H2,1H3,(H,31,34). The van der Waals surface area contributed by atoms with Gasteiger partial charge in [0.15, 0.2) is 6.61 Å². The molecule has 7 heteroatoms. The quantitative estimate of drug-likeness (QED) is 0.361. The number of nitrogens with one attached hydrogen (secondary N) is 1. The number of ether oxygens (including phenoxy) is 1. The number of fused-ring (bicyclic) bond motifs is 1. The maximum atomic E-state index is 13.6. The lowest BCUT2D eigenvalue weighted by Gasteiger charge is -2.32. The van der Waals surface area contributed by atoms with E-state index in [-0.39, 0.29) is 31.0 Å². The first-order valence-corrected chi connectivity index (χ1v) is 12.9. The van der Waals surface area contributed by atoms with Gasteiger partial charge in [-0.25, -0.2) is 0 Å². The Labute approximate surface area is 216 Å². The molecule has 4 rings (SSSR count). The van der Waals surface area contributed by atoms with Gasteiger partial charge in [0, 0.05) is 33.6 Å². The molecule has 1 fully saturated rings. The molecule has 1 unspecified atom stereocenters. The van der Waals surface area contributed by atoms with Crippen LogP contribution in [-0.2, 0) is 16.1 Å². The van der Waals surface area contributed by atoms with Gasteiger partial charge in [-0.2, -0.15) is 0 Å². The molecule has 1 saturated carbocycles. The second-order valence-electron chi connectivity index (χ2n) is 8.90. The Morgan fingerprint density at radius 1 is 1.00 bits per heavy atom. The van der Waals surface area contributed by atoms with Crippen LogP contribution in [0.5, 0.6) is 5.75 Å². The summed E-state index contributed by atoms with van der Waals surface area (Å²) >= 11 is 12.9. The van der Waals surface area contributed by atoms with Crippen LogP contribution in [0.3, 0.4) is 0 Å². The highest BCUT2D eigenvalue weighted by atomic mass is 35.5. The van der Waals surface area contributed by atoms with Crippen molar-refractivity contribution in [3.63, 3.8) is 0 Å². The van der Waals surface area contributed by atoms with E-state index in [9.17, 15) is 9.59 Å². The van der Waals surface area contributed by atoms with Gasteiger partial charge in [0.05, 0.1) is 0 Å². The molecule has 0 bridgehead atoms. The zero-order valence-corrected chi connectivity index (χ0v) is 21.3. The van der Waals surface area contributed by atoms with E-state index in [1.807, 2.05) is 49.4 Å². The second kappa shape index (κ2) is 11.8. The number of nitrogens with zero attached hydrogens (tertiary/aromatic N) is 1. The lowest BCUT2D eigenvalue weighted by molar-refractivity contribution is -0.143. The molecule has 0 aliphatic heterocycles. The number of hydrogen-bond donors (Lipinski definition) is 1. The summed E-state index contributed by atoms with van der Waals surface area (Å²) < 4.78 is 5.98. The van der Waals surface area contributed by atoms with Crippen molar-refractivity contribution < 1.29 is 14.3 Å². The third-order valence-corrected chi connectivity index (χ3v) is 7.29. The number of hydrogen-bond acceptors (Lipinski definition) is 3. The predicted octanol–water partition coefficient (Wildman–Crippen LogP) is 6.39. The Bertz CT molecular complexity index is 1170. The molecule has 0 aromatic heterocycles. The number of carbonyl (C=O) groups is 2. The molecule has 1 aliphatic carbocycles. The van der Waals surface area contributed by atoms with Crippen LogP contribution >= 0.6 is 23.2 Å². The highest BCUT2D eigenvalue weighted by molar-refractivity contribution is 6.36. The first kappa shape index (κ1) is 25.3. The first-order chi connectivity index (χ1) is 17.0. The van der Waals surface area contributed by atoms with Crippen molar-refractivity contribution in [2.24, 2.45) is 0 Å². The molecule has 3 aromatic carbocycles. The van der Waals surface area contributed by atoms with E-state index in [2.05, 4.69) is 5.32 Å². The third-order valence-electron chi connectivity index (χ3n) is 6.58. The van der Waals surface area contributed by atoms with Gasteiger partial charge in [0.2, 0.25) is 5.91 Å². The van der Waals surface area contributed by atoms with Crippen LogP contribution in [-0.4, -0.2) is 35.4 Å². The van der Waals surface area contributed by atoms with Crippen molar-refractivity contribution in [1.29, 1.82) is 0 Å². The normalized spacial score (nSPS) is 14.6. The largest absolute Gasteiger partial charge is 0.483 e. The van der Waals surface area contributed by atoms with Crippen molar-refractivity contribution >= 4 is 45.8 Å². The van der Waals surface area contributed by atoms with Gasteiger partial charge in [-0.3, -0.25) is 9.59 Å². The fourth-order valence-electron chi connectivity index (χ4n) is 4.68. The second-order valence-corrected chi connectivity index (χ2v) is 9.72. The summed E-state index contributed by atoms with van der Waals surface area (Å²) in [7, 11) is 0. The molecule has 0 heterocycles. The van der Waals surface area contributed by atoms with E-state index in [1.54, 1.807) is 23.1 Å². The van der Waals surface area contributed by atoms with Crippen molar-refractivity contribution in [3.8, 4) is 5.75 Å². The first-order valence-electron chi connectivity index (χ1n) is 12.1. The summed E-state index contributed by atoms with van der Waals surface area (Å²) in [5.41, 5.74) is 0.612. The topological polar surface area (TPSA) is 58.6 Å². The van der Waals surface area contributed by atoms with Crippen LogP contribution in [0.1, 0.15) is 44.6 Å². The summed E-state index contributed by atoms with van der Waals surface area (Å²) in [6.45, 7) is 1.81. The molecule has 0 spiro atoms. The van der Waals surface area contributed by atoms with Crippen LogP contribution in [0.4, 0.5) is 0 Å². The van der Waals surface area contributed by atoms with Gasteiger partial charge in [0.25, 0.3) is 5.91 Å². The van der Waals surface area contributed by atoms with Crippen LogP contribution in [0.25, 0.3) is 10.8 Å².